The Kier molecular flexibility index (Phi) is 14.1. The predicted octanol–water partition coefficient (Wildman–Crippen LogP) is 10.0. The Morgan fingerprint density at radius 2 is 1.22 bits per heavy atom. The molecule has 0 spiro atoms. The van der Waals surface area contributed by atoms with E-state index >= 15 is 0 Å². The van der Waals surface area contributed by atoms with E-state index in [1.54, 1.807) is 36.7 Å². The fraction of sp³-hybridized carbons (Fsp3) is 0.529. The number of benzene rings is 2. The zero-order valence-corrected chi connectivity index (χ0v) is 24.6. The van der Waals surface area contributed by atoms with Gasteiger partial charge < -0.3 is 9.47 Å². The van der Waals surface area contributed by atoms with Gasteiger partial charge in [0, 0.05) is 30.1 Å². The molecule has 0 saturated carbocycles. The number of nitrogens with zero attached hydrogens (tertiary/aromatic N) is 2. The van der Waals surface area contributed by atoms with Crippen LogP contribution in [0.25, 0.3) is 22.5 Å². The van der Waals surface area contributed by atoms with E-state index < -0.39 is 18.9 Å². The minimum Gasteiger partial charge on any atom is -0.491 e. The molecule has 0 aliphatic rings. The van der Waals surface area contributed by atoms with E-state index in [0.717, 1.165) is 42.4 Å². The number of ether oxygens (including phenoxy) is 2. The summed E-state index contributed by atoms with van der Waals surface area (Å²) >= 11 is 0. The van der Waals surface area contributed by atoms with Crippen LogP contribution in [0.3, 0.4) is 0 Å². The highest BCUT2D eigenvalue weighted by atomic mass is 19.4. The highest BCUT2D eigenvalue weighted by Crippen LogP contribution is 2.27. The average molecular weight is 571 g/mol. The predicted molar refractivity (Wildman–Crippen MR) is 160 cm³/mol. The molecule has 0 bridgehead atoms. The lowest BCUT2D eigenvalue weighted by Gasteiger charge is -2.21. The molecule has 0 saturated heterocycles. The van der Waals surface area contributed by atoms with Crippen LogP contribution >= 0.6 is 0 Å². The van der Waals surface area contributed by atoms with Gasteiger partial charge in [-0.3, -0.25) is 0 Å². The third-order valence-electron chi connectivity index (χ3n) is 7.20. The number of hydrogen-bond donors (Lipinski definition) is 0. The number of aromatic nitrogens is 2. The van der Waals surface area contributed by atoms with Gasteiger partial charge in [-0.05, 0) is 42.5 Å². The van der Waals surface area contributed by atoms with Gasteiger partial charge in [0.1, 0.15) is 12.4 Å². The van der Waals surface area contributed by atoms with E-state index in [0.29, 0.717) is 18.0 Å². The summed E-state index contributed by atoms with van der Waals surface area (Å²) in [5, 5.41) is 0. The summed E-state index contributed by atoms with van der Waals surface area (Å²) in [4.78, 5) is 9.08. The largest absolute Gasteiger partial charge is 0.491 e. The zero-order chi connectivity index (χ0) is 29.3. The molecule has 0 aliphatic carbocycles. The Labute approximate surface area is 243 Å². The molecule has 2 aromatic carbocycles. The molecule has 0 N–H and O–H groups in total. The standard InChI is InChI=1S/C34H45F3N2O2/c1-3-5-7-9-10-11-12-14-27-15-17-29(18-16-27)33-38-24-30(25-39-33)28-19-21-31(22-20-28)41-26-32(34(35,36)37)40-23-13-8-6-4-2/h15-22,24-25,32H,3-14,23,26H2,1-2H3. The van der Waals surface area contributed by atoms with Crippen molar-refractivity contribution < 1.29 is 22.6 Å². The molecular formula is C34H45F3N2O2. The molecule has 224 valence electrons. The highest BCUT2D eigenvalue weighted by Gasteiger charge is 2.41. The lowest BCUT2D eigenvalue weighted by Crippen LogP contribution is -2.37. The first kappa shape index (κ1) is 32.6. The number of halogens is 3. The molecule has 7 heteroatoms. The van der Waals surface area contributed by atoms with E-state index in [1.807, 2.05) is 0 Å². The summed E-state index contributed by atoms with van der Waals surface area (Å²) in [5.74, 6) is 1.01. The van der Waals surface area contributed by atoms with E-state index in [-0.39, 0.29) is 6.61 Å². The van der Waals surface area contributed by atoms with Crippen molar-refractivity contribution in [3.05, 3.63) is 66.5 Å². The van der Waals surface area contributed by atoms with E-state index in [9.17, 15) is 13.2 Å². The molecule has 3 aromatic rings. The molecule has 3 rings (SSSR count). The van der Waals surface area contributed by atoms with Gasteiger partial charge in [-0.25, -0.2) is 9.97 Å². The molecule has 0 fully saturated rings. The third-order valence-corrected chi connectivity index (χ3v) is 7.20. The molecule has 1 atom stereocenters. The number of hydrogen-bond acceptors (Lipinski definition) is 4. The van der Waals surface area contributed by atoms with Crippen molar-refractivity contribution in [3.8, 4) is 28.3 Å². The normalized spacial score (nSPS) is 12.4. The molecule has 4 nitrogen and oxygen atoms in total. The molecule has 0 radical (unpaired) electrons. The van der Waals surface area contributed by atoms with Crippen LogP contribution in [0, 0.1) is 0 Å². The number of alkyl halides is 3. The van der Waals surface area contributed by atoms with Gasteiger partial charge in [0.05, 0.1) is 0 Å². The molecule has 0 aliphatic heterocycles. The summed E-state index contributed by atoms with van der Waals surface area (Å²) in [6, 6.07) is 15.3. The molecule has 41 heavy (non-hydrogen) atoms. The van der Waals surface area contributed by atoms with Gasteiger partial charge >= 0.3 is 6.18 Å². The van der Waals surface area contributed by atoms with Gasteiger partial charge in [0.15, 0.2) is 11.9 Å². The maximum Gasteiger partial charge on any atom is 0.417 e. The van der Waals surface area contributed by atoms with Gasteiger partial charge in [0.25, 0.3) is 0 Å². The van der Waals surface area contributed by atoms with Crippen molar-refractivity contribution in [2.75, 3.05) is 13.2 Å². The average Bonchev–Trinajstić information content (AvgIpc) is 2.98. The first-order chi connectivity index (χ1) is 19.9. The van der Waals surface area contributed by atoms with Crippen LogP contribution in [0.4, 0.5) is 13.2 Å². The quantitative estimate of drug-likeness (QED) is 0.135. The second-order valence-electron chi connectivity index (χ2n) is 10.7. The fourth-order valence-corrected chi connectivity index (χ4v) is 4.64. The fourth-order valence-electron chi connectivity index (χ4n) is 4.64. The second kappa shape index (κ2) is 17.8. The van der Waals surface area contributed by atoms with Crippen molar-refractivity contribution >= 4 is 0 Å². The van der Waals surface area contributed by atoms with Gasteiger partial charge in [0.2, 0.25) is 0 Å². The van der Waals surface area contributed by atoms with Crippen molar-refractivity contribution in [2.24, 2.45) is 0 Å². The lowest BCUT2D eigenvalue weighted by atomic mass is 10.0. The van der Waals surface area contributed by atoms with Gasteiger partial charge in [-0.1, -0.05) is 108 Å². The van der Waals surface area contributed by atoms with Crippen LogP contribution in [-0.4, -0.2) is 35.5 Å². The molecule has 0 amide bonds. The summed E-state index contributed by atoms with van der Waals surface area (Å²) in [5.41, 5.74) is 3.98. The Morgan fingerprint density at radius 1 is 0.659 bits per heavy atom. The van der Waals surface area contributed by atoms with E-state index in [1.165, 1.54) is 50.5 Å². The highest BCUT2D eigenvalue weighted by molar-refractivity contribution is 5.64. The van der Waals surface area contributed by atoms with Crippen molar-refractivity contribution in [1.29, 1.82) is 0 Å². The van der Waals surface area contributed by atoms with Gasteiger partial charge in [-0.2, -0.15) is 13.2 Å². The van der Waals surface area contributed by atoms with Crippen LogP contribution < -0.4 is 4.74 Å². The Hall–Kier alpha value is -2.93. The summed E-state index contributed by atoms with van der Waals surface area (Å²) in [6.07, 6.45) is 10.8. The maximum atomic E-state index is 13.3. The summed E-state index contributed by atoms with van der Waals surface area (Å²) in [6.45, 7) is 3.80. The number of rotatable bonds is 19. The van der Waals surface area contributed by atoms with Crippen LogP contribution in [-0.2, 0) is 11.2 Å². The number of aryl methyl sites for hydroxylation is 1. The monoisotopic (exact) mass is 570 g/mol. The maximum absolute atomic E-state index is 13.3. The zero-order valence-electron chi connectivity index (χ0n) is 24.6. The van der Waals surface area contributed by atoms with Crippen molar-refractivity contribution in [2.45, 2.75) is 103 Å². The molecular weight excluding hydrogens is 525 g/mol. The van der Waals surface area contributed by atoms with Crippen molar-refractivity contribution in [3.63, 3.8) is 0 Å². The summed E-state index contributed by atoms with van der Waals surface area (Å²) in [7, 11) is 0. The Morgan fingerprint density at radius 3 is 1.83 bits per heavy atom. The second-order valence-corrected chi connectivity index (χ2v) is 10.7. The van der Waals surface area contributed by atoms with Crippen molar-refractivity contribution in [1.82, 2.24) is 9.97 Å². The minimum atomic E-state index is -4.47. The minimum absolute atomic E-state index is 0.0753. The lowest BCUT2D eigenvalue weighted by molar-refractivity contribution is -0.227. The molecule has 1 aromatic heterocycles. The SMILES string of the molecule is CCCCCCCCCc1ccc(-c2ncc(-c3ccc(OCC(OCCCCCC)C(F)(F)F)cc3)cn2)cc1. The number of unbranched alkanes of at least 4 members (excludes halogenated alkanes) is 9. The van der Waals surface area contributed by atoms with E-state index in [4.69, 9.17) is 9.47 Å². The molecule has 1 heterocycles. The summed E-state index contributed by atoms with van der Waals surface area (Å²) < 4.78 is 50.6. The van der Waals surface area contributed by atoms with E-state index in [2.05, 4.69) is 48.1 Å². The Balaban J connectivity index is 1.47. The van der Waals surface area contributed by atoms with Crippen LogP contribution in [0.1, 0.15) is 90.0 Å². The van der Waals surface area contributed by atoms with Gasteiger partial charge in [-0.15, -0.1) is 0 Å². The topological polar surface area (TPSA) is 44.2 Å². The third kappa shape index (κ3) is 11.8. The smallest absolute Gasteiger partial charge is 0.417 e. The van der Waals surface area contributed by atoms with Crippen LogP contribution in [0.5, 0.6) is 5.75 Å². The molecule has 1 unspecified atom stereocenters. The van der Waals surface area contributed by atoms with Crippen LogP contribution in [0.2, 0.25) is 0 Å². The van der Waals surface area contributed by atoms with Crippen LogP contribution in [0.15, 0.2) is 60.9 Å². The first-order valence-electron chi connectivity index (χ1n) is 15.2. The Bertz CT molecular complexity index is 1100. The first-order valence-corrected chi connectivity index (χ1v) is 15.2.